The first-order chi connectivity index (χ1) is 15.4. The Morgan fingerprint density at radius 2 is 1.50 bits per heavy atom. The van der Waals surface area contributed by atoms with E-state index in [1.807, 2.05) is 12.1 Å². The van der Waals surface area contributed by atoms with Gasteiger partial charge in [-0.15, -0.1) is 0 Å². The highest BCUT2D eigenvalue weighted by Gasteiger charge is 2.52. The quantitative estimate of drug-likeness (QED) is 0.607. The van der Waals surface area contributed by atoms with Crippen molar-refractivity contribution < 1.29 is 19.1 Å². The van der Waals surface area contributed by atoms with Crippen LogP contribution in [0.3, 0.4) is 0 Å². The van der Waals surface area contributed by atoms with Crippen molar-refractivity contribution >= 4 is 12.2 Å². The van der Waals surface area contributed by atoms with Crippen LogP contribution in [0.25, 0.3) is 0 Å². The first-order valence-electron chi connectivity index (χ1n) is 10.6. The summed E-state index contributed by atoms with van der Waals surface area (Å²) in [4.78, 5) is 27.6. The van der Waals surface area contributed by atoms with E-state index >= 15 is 0 Å². The van der Waals surface area contributed by atoms with Crippen molar-refractivity contribution in [2.24, 2.45) is 17.3 Å². The molecule has 2 aliphatic rings. The highest BCUT2D eigenvalue weighted by atomic mass is 16.6. The number of rotatable bonds is 4. The number of allylic oxidation sites excluding steroid dienone is 1. The second-order valence-corrected chi connectivity index (χ2v) is 7.68. The maximum absolute atomic E-state index is 12.4. The molecule has 2 amide bonds. The highest BCUT2D eigenvalue weighted by molar-refractivity contribution is 5.68. The largest absolute Gasteiger partial charge is 0.450 e. The zero-order valence-electron chi connectivity index (χ0n) is 18.3. The number of ether oxygens (including phenoxy) is 2. The second kappa shape index (κ2) is 11.0. The molecule has 0 N–H and O–H groups in total. The summed E-state index contributed by atoms with van der Waals surface area (Å²) >= 11 is 0. The zero-order valence-corrected chi connectivity index (χ0v) is 18.3. The summed E-state index contributed by atoms with van der Waals surface area (Å²) in [6.07, 6.45) is -0.114. The summed E-state index contributed by atoms with van der Waals surface area (Å²) in [6.45, 7) is 4.75. The van der Waals surface area contributed by atoms with Crippen molar-refractivity contribution in [2.45, 2.75) is 33.1 Å². The van der Waals surface area contributed by atoms with E-state index in [9.17, 15) is 30.6 Å². The molecule has 0 spiro atoms. The molecule has 0 bridgehead atoms. The van der Waals surface area contributed by atoms with Crippen LogP contribution >= 0.6 is 0 Å². The molecule has 32 heavy (non-hydrogen) atoms. The molecule has 2 saturated heterocycles. The van der Waals surface area contributed by atoms with E-state index in [0.29, 0.717) is 18.4 Å². The number of nitriles is 4. The summed E-state index contributed by atoms with van der Waals surface area (Å²) in [5, 5.41) is 38.7. The third-order valence-corrected chi connectivity index (χ3v) is 6.29. The third kappa shape index (κ3) is 4.76. The van der Waals surface area contributed by atoms with Crippen molar-refractivity contribution in [3.8, 4) is 24.3 Å². The topological polar surface area (TPSA) is 154 Å². The second-order valence-electron chi connectivity index (χ2n) is 7.68. The van der Waals surface area contributed by atoms with E-state index in [0.717, 1.165) is 0 Å². The standard InChI is InChI=1S/C22H26N6O4/c1-3-31-20(29)27-9-6-22(7-10-27,17(13-25)14-26)19-15-28(21(30)32-4-2)8-5-18(19)16(11-23)12-24/h17,19H,3-10,15H2,1-2H3. The van der Waals surface area contributed by atoms with Gasteiger partial charge in [0.05, 0.1) is 25.4 Å². The fourth-order valence-corrected chi connectivity index (χ4v) is 4.67. The van der Waals surface area contributed by atoms with Gasteiger partial charge in [0.15, 0.2) is 0 Å². The first-order valence-corrected chi connectivity index (χ1v) is 10.6. The van der Waals surface area contributed by atoms with Crippen LogP contribution in [0.1, 0.15) is 33.1 Å². The number of amides is 2. The Morgan fingerprint density at radius 1 is 0.969 bits per heavy atom. The smallest absolute Gasteiger partial charge is 0.409 e. The fourth-order valence-electron chi connectivity index (χ4n) is 4.67. The molecule has 2 rings (SSSR count). The van der Waals surface area contributed by atoms with Crippen LogP contribution in [0, 0.1) is 62.6 Å². The van der Waals surface area contributed by atoms with Crippen molar-refractivity contribution in [2.75, 3.05) is 39.4 Å². The van der Waals surface area contributed by atoms with E-state index in [1.54, 1.807) is 13.8 Å². The highest BCUT2D eigenvalue weighted by Crippen LogP contribution is 2.51. The molecule has 0 aromatic heterocycles. The Labute approximate surface area is 187 Å². The van der Waals surface area contributed by atoms with Gasteiger partial charge in [-0.1, -0.05) is 0 Å². The van der Waals surface area contributed by atoms with Crippen molar-refractivity contribution in [3.05, 3.63) is 11.1 Å². The molecule has 2 fully saturated rings. The van der Waals surface area contributed by atoms with Gasteiger partial charge in [-0.3, -0.25) is 0 Å². The minimum absolute atomic E-state index is 0.0552. The Hall–Kier alpha value is -3.76. The van der Waals surface area contributed by atoms with E-state index in [4.69, 9.17) is 9.47 Å². The molecule has 1 atom stereocenters. The number of carbonyl (C=O) groups excluding carboxylic acids is 2. The molecule has 0 aliphatic carbocycles. The van der Waals surface area contributed by atoms with Gasteiger partial charge < -0.3 is 19.3 Å². The van der Waals surface area contributed by atoms with Crippen LogP contribution < -0.4 is 0 Å². The van der Waals surface area contributed by atoms with Crippen molar-refractivity contribution in [1.82, 2.24) is 9.80 Å². The number of hydrogen-bond acceptors (Lipinski definition) is 8. The number of likely N-dealkylation sites (tertiary alicyclic amines) is 2. The minimum atomic E-state index is -1.05. The van der Waals surface area contributed by atoms with Gasteiger partial charge >= 0.3 is 12.2 Å². The van der Waals surface area contributed by atoms with Crippen LogP contribution in [-0.4, -0.2) is 61.4 Å². The van der Waals surface area contributed by atoms with Crippen LogP contribution in [-0.2, 0) is 9.47 Å². The summed E-state index contributed by atoms with van der Waals surface area (Å²) in [5.74, 6) is -1.61. The van der Waals surface area contributed by atoms with Gasteiger partial charge in [-0.05, 0) is 38.7 Å². The maximum Gasteiger partial charge on any atom is 0.409 e. The zero-order chi connectivity index (χ0) is 23.7. The molecule has 0 radical (unpaired) electrons. The summed E-state index contributed by atoms with van der Waals surface area (Å²) < 4.78 is 10.2. The SMILES string of the molecule is CCOC(=O)N1CCC(C(C#N)C#N)(C2CN(C(=O)OCC)CCC2=C(C#N)C#N)CC1. The Bertz CT molecular complexity index is 894. The van der Waals surface area contributed by atoms with Crippen LogP contribution in [0.2, 0.25) is 0 Å². The molecule has 2 heterocycles. The lowest BCUT2D eigenvalue weighted by molar-refractivity contribution is 0.0117. The van der Waals surface area contributed by atoms with E-state index in [-0.39, 0.29) is 51.4 Å². The minimum Gasteiger partial charge on any atom is -0.450 e. The van der Waals surface area contributed by atoms with E-state index < -0.39 is 29.4 Å². The lowest BCUT2D eigenvalue weighted by Crippen LogP contribution is -2.54. The van der Waals surface area contributed by atoms with Crippen LogP contribution in [0.15, 0.2) is 11.1 Å². The van der Waals surface area contributed by atoms with Gasteiger partial charge in [-0.2, -0.15) is 21.0 Å². The number of nitrogens with zero attached hydrogens (tertiary/aromatic N) is 6. The monoisotopic (exact) mass is 438 g/mol. The maximum atomic E-state index is 12.4. The normalized spacial score (nSPS) is 19.7. The Balaban J connectivity index is 2.51. The van der Waals surface area contributed by atoms with Gasteiger partial charge in [0.1, 0.15) is 23.6 Å². The Morgan fingerprint density at radius 3 is 1.97 bits per heavy atom. The van der Waals surface area contributed by atoms with Crippen LogP contribution in [0.5, 0.6) is 0 Å². The molecule has 10 nitrogen and oxygen atoms in total. The molecule has 10 heteroatoms. The van der Waals surface area contributed by atoms with Gasteiger partial charge in [0.2, 0.25) is 0 Å². The molecular weight excluding hydrogens is 412 g/mol. The number of carbonyl (C=O) groups is 2. The summed E-state index contributed by atoms with van der Waals surface area (Å²) in [6, 6.07) is 8.01. The van der Waals surface area contributed by atoms with E-state index in [2.05, 4.69) is 12.1 Å². The molecule has 2 aliphatic heterocycles. The lowest BCUT2D eigenvalue weighted by Gasteiger charge is -2.50. The number of hydrogen-bond donors (Lipinski definition) is 0. The van der Waals surface area contributed by atoms with Gasteiger partial charge in [0.25, 0.3) is 0 Å². The van der Waals surface area contributed by atoms with Gasteiger partial charge in [-0.25, -0.2) is 9.59 Å². The first kappa shape index (κ1) is 24.5. The van der Waals surface area contributed by atoms with Gasteiger partial charge in [0, 0.05) is 37.5 Å². The molecule has 0 saturated carbocycles. The molecule has 1 unspecified atom stereocenters. The van der Waals surface area contributed by atoms with E-state index in [1.165, 1.54) is 9.80 Å². The predicted molar refractivity (Wildman–Crippen MR) is 110 cm³/mol. The van der Waals surface area contributed by atoms with Crippen LogP contribution in [0.4, 0.5) is 9.59 Å². The fraction of sp³-hybridized carbons (Fsp3) is 0.636. The Kier molecular flexibility index (Phi) is 8.45. The van der Waals surface area contributed by atoms with Crippen molar-refractivity contribution in [1.29, 1.82) is 21.0 Å². The average molecular weight is 438 g/mol. The average Bonchev–Trinajstić information content (AvgIpc) is 2.81. The molecular formula is C22H26N6O4. The predicted octanol–water partition coefficient (Wildman–Crippen LogP) is 2.71. The summed E-state index contributed by atoms with van der Waals surface area (Å²) in [7, 11) is 0. The molecule has 0 aromatic rings. The molecule has 168 valence electrons. The third-order valence-electron chi connectivity index (χ3n) is 6.29. The number of piperidine rings is 2. The summed E-state index contributed by atoms with van der Waals surface area (Å²) in [5.41, 5.74) is -0.442. The molecule has 0 aromatic carbocycles. The lowest BCUT2D eigenvalue weighted by atomic mass is 9.58. The van der Waals surface area contributed by atoms with Crippen molar-refractivity contribution in [3.63, 3.8) is 0 Å².